The number of anilines is 1. The predicted octanol–water partition coefficient (Wildman–Crippen LogP) is 3.25. The van der Waals surface area contributed by atoms with Crippen LogP contribution in [0.25, 0.3) is 11.3 Å². The van der Waals surface area contributed by atoms with Gasteiger partial charge in [-0.25, -0.2) is 0 Å². The Labute approximate surface area is 96.4 Å². The van der Waals surface area contributed by atoms with Crippen molar-refractivity contribution in [3.8, 4) is 11.3 Å². The number of hydrogen-bond donors (Lipinski definition) is 1. The number of nitrogen functional groups attached to an aromatic ring is 1. The van der Waals surface area contributed by atoms with Crippen LogP contribution >= 0.6 is 15.9 Å². The molecule has 2 N–H and O–H groups in total. The molecular formula is C11H11BrN2O. The van der Waals surface area contributed by atoms with Crippen LogP contribution in [0.4, 0.5) is 5.82 Å². The molecule has 0 aliphatic rings. The molecule has 0 radical (unpaired) electrons. The summed E-state index contributed by atoms with van der Waals surface area (Å²) < 4.78 is 6.17. The van der Waals surface area contributed by atoms with E-state index in [0.29, 0.717) is 11.6 Å². The normalized spacial score (nSPS) is 10.5. The van der Waals surface area contributed by atoms with Gasteiger partial charge in [0, 0.05) is 16.1 Å². The molecule has 1 aromatic carbocycles. The Kier molecular flexibility index (Phi) is 2.77. The summed E-state index contributed by atoms with van der Waals surface area (Å²) in [5, 5.41) is 3.69. The van der Waals surface area contributed by atoms with Gasteiger partial charge in [-0.3, -0.25) is 0 Å². The highest BCUT2D eigenvalue weighted by Gasteiger charge is 2.09. The number of hydrogen-bond acceptors (Lipinski definition) is 3. The molecule has 0 atom stereocenters. The van der Waals surface area contributed by atoms with Gasteiger partial charge in [0.1, 0.15) is 0 Å². The van der Waals surface area contributed by atoms with E-state index in [1.54, 1.807) is 6.07 Å². The van der Waals surface area contributed by atoms with Crippen molar-refractivity contribution < 1.29 is 4.52 Å². The van der Waals surface area contributed by atoms with E-state index in [1.807, 2.05) is 12.1 Å². The van der Waals surface area contributed by atoms with Crippen molar-refractivity contribution in [3.05, 3.63) is 34.3 Å². The maximum atomic E-state index is 5.53. The van der Waals surface area contributed by atoms with Gasteiger partial charge in [0.2, 0.25) is 0 Å². The fourth-order valence-corrected chi connectivity index (χ4v) is 1.86. The Bertz CT molecular complexity index is 479. The molecule has 0 amide bonds. The second-order valence-corrected chi connectivity index (χ2v) is 4.19. The average Bonchev–Trinajstić information content (AvgIpc) is 2.65. The fraction of sp³-hybridized carbons (Fsp3) is 0.182. The molecule has 0 saturated carbocycles. The minimum atomic E-state index is 0.409. The van der Waals surface area contributed by atoms with E-state index >= 15 is 0 Å². The first-order valence-electron chi connectivity index (χ1n) is 4.71. The topological polar surface area (TPSA) is 52.0 Å². The largest absolute Gasteiger partial charge is 0.381 e. The van der Waals surface area contributed by atoms with Gasteiger partial charge in [-0.1, -0.05) is 34.1 Å². The van der Waals surface area contributed by atoms with Gasteiger partial charge in [0.05, 0.1) is 0 Å². The number of aryl methyl sites for hydroxylation is 1. The molecule has 2 aromatic rings. The van der Waals surface area contributed by atoms with Gasteiger partial charge in [0.25, 0.3) is 0 Å². The lowest BCUT2D eigenvalue weighted by Gasteiger charge is -2.04. The molecule has 1 heterocycles. The maximum Gasteiger partial charge on any atom is 0.169 e. The Balaban J connectivity index is 2.55. The van der Waals surface area contributed by atoms with E-state index in [2.05, 4.69) is 34.1 Å². The molecule has 4 heteroatoms. The van der Waals surface area contributed by atoms with Gasteiger partial charge in [-0.2, -0.15) is 0 Å². The summed E-state index contributed by atoms with van der Waals surface area (Å²) in [6.07, 6.45) is 0.948. The zero-order chi connectivity index (χ0) is 10.8. The van der Waals surface area contributed by atoms with Gasteiger partial charge in [0.15, 0.2) is 11.6 Å². The lowest BCUT2D eigenvalue weighted by atomic mass is 10.0. The number of halogens is 1. The molecule has 0 bridgehead atoms. The van der Waals surface area contributed by atoms with Crippen molar-refractivity contribution in [3.63, 3.8) is 0 Å². The van der Waals surface area contributed by atoms with Crippen LogP contribution in [0, 0.1) is 0 Å². The van der Waals surface area contributed by atoms with Crippen molar-refractivity contribution in [1.29, 1.82) is 0 Å². The number of nitrogens with two attached hydrogens (primary N) is 1. The van der Waals surface area contributed by atoms with Gasteiger partial charge in [-0.15, -0.1) is 0 Å². The summed E-state index contributed by atoms with van der Waals surface area (Å²) >= 11 is 3.44. The molecular weight excluding hydrogens is 256 g/mol. The first-order chi connectivity index (χ1) is 7.20. The predicted molar refractivity (Wildman–Crippen MR) is 63.4 cm³/mol. The Morgan fingerprint density at radius 3 is 2.80 bits per heavy atom. The number of aromatic nitrogens is 1. The molecule has 0 aliphatic carbocycles. The quantitative estimate of drug-likeness (QED) is 0.908. The van der Waals surface area contributed by atoms with E-state index in [0.717, 1.165) is 16.5 Å². The second-order valence-electron chi connectivity index (χ2n) is 3.27. The molecule has 0 fully saturated rings. The Hall–Kier alpha value is -1.29. The summed E-state index contributed by atoms with van der Waals surface area (Å²) in [6.45, 7) is 2.10. The third-order valence-electron chi connectivity index (χ3n) is 2.25. The maximum absolute atomic E-state index is 5.53. The lowest BCUT2D eigenvalue weighted by molar-refractivity contribution is 0.435. The number of nitrogens with zero attached hydrogens (tertiary/aromatic N) is 1. The van der Waals surface area contributed by atoms with E-state index in [4.69, 9.17) is 10.3 Å². The van der Waals surface area contributed by atoms with Crippen LogP contribution in [0.5, 0.6) is 0 Å². The average molecular weight is 267 g/mol. The smallest absolute Gasteiger partial charge is 0.169 e. The van der Waals surface area contributed by atoms with Crippen molar-refractivity contribution in [2.24, 2.45) is 0 Å². The highest BCUT2D eigenvalue weighted by atomic mass is 79.9. The van der Waals surface area contributed by atoms with Crippen LogP contribution in [0.2, 0.25) is 0 Å². The number of benzene rings is 1. The van der Waals surface area contributed by atoms with Crippen LogP contribution in [-0.4, -0.2) is 5.16 Å². The molecule has 0 unspecified atom stereocenters. The molecule has 15 heavy (non-hydrogen) atoms. The Morgan fingerprint density at radius 2 is 2.20 bits per heavy atom. The standard InChI is InChI=1S/C11H11BrN2O/c1-2-7-3-4-8(12)5-9(7)10-6-11(13)14-15-10/h3-6H,2H2,1H3,(H2,13,14). The zero-order valence-electron chi connectivity index (χ0n) is 8.33. The van der Waals surface area contributed by atoms with Crippen LogP contribution in [0.1, 0.15) is 12.5 Å². The van der Waals surface area contributed by atoms with Crippen molar-refractivity contribution in [2.45, 2.75) is 13.3 Å². The van der Waals surface area contributed by atoms with Crippen LogP contribution in [0.3, 0.4) is 0 Å². The first-order valence-corrected chi connectivity index (χ1v) is 5.51. The van der Waals surface area contributed by atoms with E-state index < -0.39 is 0 Å². The summed E-state index contributed by atoms with van der Waals surface area (Å²) in [7, 11) is 0. The third kappa shape index (κ3) is 2.04. The monoisotopic (exact) mass is 266 g/mol. The molecule has 2 rings (SSSR count). The summed E-state index contributed by atoms with van der Waals surface area (Å²) in [5.41, 5.74) is 7.78. The van der Waals surface area contributed by atoms with Crippen molar-refractivity contribution in [2.75, 3.05) is 5.73 Å². The zero-order valence-corrected chi connectivity index (χ0v) is 9.91. The second kappa shape index (κ2) is 4.06. The minimum Gasteiger partial charge on any atom is -0.381 e. The van der Waals surface area contributed by atoms with Crippen LogP contribution in [0.15, 0.2) is 33.3 Å². The van der Waals surface area contributed by atoms with E-state index in [-0.39, 0.29) is 0 Å². The SMILES string of the molecule is CCc1ccc(Br)cc1-c1cc(N)no1. The molecule has 1 aromatic heterocycles. The molecule has 0 aliphatic heterocycles. The summed E-state index contributed by atoms with van der Waals surface area (Å²) in [5.74, 6) is 1.12. The van der Waals surface area contributed by atoms with Crippen LogP contribution in [-0.2, 0) is 6.42 Å². The minimum absolute atomic E-state index is 0.409. The fourth-order valence-electron chi connectivity index (χ4n) is 1.50. The third-order valence-corrected chi connectivity index (χ3v) is 2.74. The van der Waals surface area contributed by atoms with E-state index in [9.17, 15) is 0 Å². The molecule has 78 valence electrons. The highest BCUT2D eigenvalue weighted by molar-refractivity contribution is 9.10. The van der Waals surface area contributed by atoms with Gasteiger partial charge >= 0.3 is 0 Å². The summed E-state index contributed by atoms with van der Waals surface area (Å²) in [6, 6.07) is 7.83. The molecule has 0 saturated heterocycles. The van der Waals surface area contributed by atoms with Crippen molar-refractivity contribution >= 4 is 21.7 Å². The van der Waals surface area contributed by atoms with Gasteiger partial charge < -0.3 is 10.3 Å². The Morgan fingerprint density at radius 1 is 1.40 bits per heavy atom. The van der Waals surface area contributed by atoms with Crippen molar-refractivity contribution in [1.82, 2.24) is 5.16 Å². The van der Waals surface area contributed by atoms with Crippen LogP contribution < -0.4 is 5.73 Å². The highest BCUT2D eigenvalue weighted by Crippen LogP contribution is 2.28. The number of rotatable bonds is 2. The lowest BCUT2D eigenvalue weighted by Crippen LogP contribution is -1.86. The molecule has 3 nitrogen and oxygen atoms in total. The summed E-state index contributed by atoms with van der Waals surface area (Å²) in [4.78, 5) is 0. The van der Waals surface area contributed by atoms with Gasteiger partial charge in [-0.05, 0) is 24.1 Å². The van der Waals surface area contributed by atoms with E-state index in [1.165, 1.54) is 5.56 Å². The molecule has 0 spiro atoms. The first kappa shape index (κ1) is 10.2.